The largest absolute Gasteiger partial charge is 0.493 e. The number of hydrogen-bond acceptors (Lipinski definition) is 5. The fourth-order valence-electron chi connectivity index (χ4n) is 4.48. The van der Waals surface area contributed by atoms with Crippen molar-refractivity contribution >= 4 is 17.6 Å². The van der Waals surface area contributed by atoms with Crippen LogP contribution in [0.4, 0.5) is 5.69 Å². The summed E-state index contributed by atoms with van der Waals surface area (Å²) in [7, 11) is 3.14. The van der Waals surface area contributed by atoms with Gasteiger partial charge in [-0.2, -0.15) is 0 Å². The van der Waals surface area contributed by atoms with E-state index in [9.17, 15) is 9.59 Å². The molecule has 35 heavy (non-hydrogen) atoms. The number of ether oxygens (including phenoxy) is 3. The van der Waals surface area contributed by atoms with Gasteiger partial charge in [-0.25, -0.2) is 4.79 Å². The summed E-state index contributed by atoms with van der Waals surface area (Å²) in [4.78, 5) is 29.2. The number of amides is 1. The first-order valence-corrected chi connectivity index (χ1v) is 11.8. The number of rotatable bonds is 9. The molecule has 1 aliphatic rings. The molecule has 6 heteroatoms. The lowest BCUT2D eigenvalue weighted by Crippen LogP contribution is -2.45. The minimum Gasteiger partial charge on any atom is -0.493 e. The van der Waals surface area contributed by atoms with Crippen LogP contribution in [-0.4, -0.2) is 32.6 Å². The number of nitrogens with zero attached hydrogens (tertiary/aromatic N) is 1. The smallest absolute Gasteiger partial charge is 0.339 e. The highest BCUT2D eigenvalue weighted by molar-refractivity contribution is 6.09. The van der Waals surface area contributed by atoms with Crippen molar-refractivity contribution in [3.8, 4) is 11.5 Å². The molecule has 1 unspecified atom stereocenters. The molecular weight excluding hydrogens is 442 g/mol. The average molecular weight is 474 g/mol. The van der Waals surface area contributed by atoms with Gasteiger partial charge in [0.2, 0.25) is 5.60 Å². The highest BCUT2D eigenvalue weighted by atomic mass is 16.6. The van der Waals surface area contributed by atoms with E-state index in [0.29, 0.717) is 35.1 Å². The van der Waals surface area contributed by atoms with Crippen LogP contribution in [0.25, 0.3) is 0 Å². The van der Waals surface area contributed by atoms with Crippen molar-refractivity contribution in [2.75, 3.05) is 25.7 Å². The number of para-hydroxylation sites is 1. The molecule has 1 amide bonds. The number of fused-ring (bicyclic) bond motifs is 1. The fraction of sp³-hybridized carbons (Fsp3) is 0.310. The van der Waals surface area contributed by atoms with Gasteiger partial charge in [-0.1, -0.05) is 56.3 Å². The predicted octanol–water partition coefficient (Wildman–Crippen LogP) is 5.39. The summed E-state index contributed by atoms with van der Waals surface area (Å²) in [5.74, 6) is 0.772. The van der Waals surface area contributed by atoms with Gasteiger partial charge in [0.1, 0.15) is 0 Å². The minimum atomic E-state index is -1.50. The average Bonchev–Trinajstić information content (AvgIpc) is 3.10. The van der Waals surface area contributed by atoms with Crippen LogP contribution in [0.3, 0.4) is 0 Å². The van der Waals surface area contributed by atoms with Crippen molar-refractivity contribution in [3.05, 3.63) is 89.5 Å². The third-order valence-corrected chi connectivity index (χ3v) is 6.33. The van der Waals surface area contributed by atoms with Crippen LogP contribution in [0.2, 0.25) is 0 Å². The molecule has 1 heterocycles. The second-order valence-corrected chi connectivity index (χ2v) is 9.11. The highest BCUT2D eigenvalue weighted by Crippen LogP contribution is 2.46. The van der Waals surface area contributed by atoms with E-state index in [2.05, 4.69) is 13.8 Å². The number of carbonyl (C=O) groups is 2. The zero-order chi connectivity index (χ0) is 25.0. The molecule has 0 radical (unpaired) electrons. The lowest BCUT2D eigenvalue weighted by molar-refractivity contribution is -0.137. The van der Waals surface area contributed by atoms with Gasteiger partial charge in [-0.15, -0.1) is 0 Å². The fourth-order valence-corrected chi connectivity index (χ4v) is 4.48. The number of methoxy groups -OCH3 is 2. The molecule has 0 saturated heterocycles. The Balaban J connectivity index is 1.81. The Labute approximate surface area is 206 Å². The Morgan fingerprint density at radius 1 is 0.914 bits per heavy atom. The van der Waals surface area contributed by atoms with Crippen LogP contribution in [0.1, 0.15) is 41.8 Å². The summed E-state index contributed by atoms with van der Waals surface area (Å²) in [6.45, 7) is 4.79. The van der Waals surface area contributed by atoms with Crippen LogP contribution < -0.4 is 14.4 Å². The summed E-state index contributed by atoms with van der Waals surface area (Å²) in [5.41, 5.74) is 1.15. The Hall–Kier alpha value is -3.80. The summed E-state index contributed by atoms with van der Waals surface area (Å²) in [6.07, 6.45) is 0.999. The van der Waals surface area contributed by atoms with Crippen molar-refractivity contribution in [3.63, 3.8) is 0 Å². The third kappa shape index (κ3) is 4.74. The third-order valence-electron chi connectivity index (χ3n) is 6.33. The lowest BCUT2D eigenvalue weighted by atomic mass is 9.87. The van der Waals surface area contributed by atoms with E-state index in [1.54, 1.807) is 49.5 Å². The Morgan fingerprint density at radius 3 is 2.29 bits per heavy atom. The zero-order valence-electron chi connectivity index (χ0n) is 20.6. The lowest BCUT2D eigenvalue weighted by Gasteiger charge is -2.29. The molecule has 0 aromatic heterocycles. The van der Waals surface area contributed by atoms with Crippen molar-refractivity contribution in [1.29, 1.82) is 0 Å². The van der Waals surface area contributed by atoms with Gasteiger partial charge >= 0.3 is 5.97 Å². The molecule has 0 N–H and O–H groups in total. The first kappa shape index (κ1) is 24.3. The number of carbonyl (C=O) groups excluding carboxylic acids is 2. The summed E-state index contributed by atoms with van der Waals surface area (Å²) in [5, 5.41) is 0. The van der Waals surface area contributed by atoms with Crippen LogP contribution in [0.5, 0.6) is 11.5 Å². The van der Waals surface area contributed by atoms with Gasteiger partial charge in [0.05, 0.1) is 25.5 Å². The van der Waals surface area contributed by atoms with Gasteiger partial charge in [0.25, 0.3) is 5.91 Å². The van der Waals surface area contributed by atoms with Crippen molar-refractivity contribution < 1.29 is 23.8 Å². The maximum absolute atomic E-state index is 14.1. The molecule has 182 valence electrons. The molecule has 4 rings (SSSR count). The van der Waals surface area contributed by atoms with Crippen molar-refractivity contribution in [2.24, 2.45) is 5.92 Å². The summed E-state index contributed by atoms with van der Waals surface area (Å²) < 4.78 is 17.0. The predicted molar refractivity (Wildman–Crippen MR) is 135 cm³/mol. The molecule has 0 spiro atoms. The minimum absolute atomic E-state index is 0.167. The molecule has 3 aromatic carbocycles. The maximum Gasteiger partial charge on any atom is 0.339 e. The van der Waals surface area contributed by atoms with E-state index >= 15 is 0 Å². The molecule has 0 aliphatic carbocycles. The van der Waals surface area contributed by atoms with Crippen molar-refractivity contribution in [1.82, 2.24) is 0 Å². The second kappa shape index (κ2) is 10.2. The monoisotopic (exact) mass is 473 g/mol. The quantitative estimate of drug-likeness (QED) is 0.390. The molecule has 0 bridgehead atoms. The molecule has 6 nitrogen and oxygen atoms in total. The summed E-state index contributed by atoms with van der Waals surface area (Å²) in [6, 6.07) is 21.8. The second-order valence-electron chi connectivity index (χ2n) is 9.11. The van der Waals surface area contributed by atoms with E-state index < -0.39 is 11.6 Å². The standard InChI is InChI=1S/C29H31NO5/c1-20(2)16-17-30-24-13-9-8-12-23(24)29(28(30)32,35-27(31)22-10-6-5-7-11-22)19-21-14-15-25(33-3)26(18-21)34-4/h5-15,18,20H,16-17,19H2,1-4H3. The maximum atomic E-state index is 14.1. The highest BCUT2D eigenvalue weighted by Gasteiger charge is 2.54. The van der Waals surface area contributed by atoms with Crippen LogP contribution >= 0.6 is 0 Å². The van der Waals surface area contributed by atoms with Crippen LogP contribution in [-0.2, 0) is 21.6 Å². The van der Waals surface area contributed by atoms with Gasteiger partial charge in [0.15, 0.2) is 11.5 Å². The van der Waals surface area contributed by atoms with Gasteiger partial charge in [0, 0.05) is 18.5 Å². The summed E-state index contributed by atoms with van der Waals surface area (Å²) >= 11 is 0. The molecule has 0 fully saturated rings. The molecule has 1 aliphatic heterocycles. The van der Waals surface area contributed by atoms with Gasteiger partial charge in [-0.3, -0.25) is 4.79 Å². The molecule has 1 atom stereocenters. The van der Waals surface area contributed by atoms with Crippen LogP contribution in [0.15, 0.2) is 72.8 Å². The van der Waals surface area contributed by atoms with E-state index in [1.807, 2.05) is 42.5 Å². The van der Waals surface area contributed by atoms with Gasteiger partial charge < -0.3 is 19.1 Å². The normalized spacial score (nSPS) is 16.8. The number of esters is 1. The Morgan fingerprint density at radius 2 is 1.60 bits per heavy atom. The zero-order valence-corrected chi connectivity index (χ0v) is 20.6. The first-order chi connectivity index (χ1) is 16.9. The molecular formula is C29H31NO5. The number of hydrogen-bond donors (Lipinski definition) is 0. The van der Waals surface area contributed by atoms with E-state index in [1.165, 1.54) is 0 Å². The molecule has 3 aromatic rings. The SMILES string of the molecule is COc1ccc(CC2(OC(=O)c3ccccc3)C(=O)N(CCC(C)C)c3ccccc32)cc1OC. The van der Waals surface area contributed by atoms with E-state index in [-0.39, 0.29) is 12.3 Å². The number of anilines is 1. The Bertz CT molecular complexity index is 1210. The van der Waals surface area contributed by atoms with Crippen molar-refractivity contribution in [2.45, 2.75) is 32.3 Å². The van der Waals surface area contributed by atoms with Crippen LogP contribution in [0, 0.1) is 5.92 Å². The Kier molecular flexibility index (Phi) is 7.10. The number of benzene rings is 3. The van der Waals surface area contributed by atoms with E-state index in [0.717, 1.165) is 17.7 Å². The topological polar surface area (TPSA) is 65.1 Å². The first-order valence-electron chi connectivity index (χ1n) is 11.8. The van der Waals surface area contributed by atoms with E-state index in [4.69, 9.17) is 14.2 Å². The molecule has 0 saturated carbocycles. The van der Waals surface area contributed by atoms with Gasteiger partial charge in [-0.05, 0) is 48.2 Å².